The average Bonchev–Trinajstić information content (AvgIpc) is 2.38. The maximum absolute atomic E-state index is 10.9. The lowest BCUT2D eigenvalue weighted by atomic mass is 10.1. The highest BCUT2D eigenvalue weighted by Gasteiger charge is 2.09. The van der Waals surface area contributed by atoms with E-state index in [1.165, 1.54) is 38.3 Å². The summed E-state index contributed by atoms with van der Waals surface area (Å²) in [5.41, 5.74) is 0.228. The van der Waals surface area contributed by atoms with E-state index in [-0.39, 0.29) is 17.2 Å². The minimum absolute atomic E-state index is 0.0500. The van der Waals surface area contributed by atoms with Crippen LogP contribution < -0.4 is 10.1 Å². The number of carboxylic acid groups (broad SMARTS) is 2. The van der Waals surface area contributed by atoms with E-state index in [0.717, 1.165) is 6.92 Å². The first-order valence-corrected chi connectivity index (χ1v) is 5.96. The first kappa shape index (κ1) is 19.0. The van der Waals surface area contributed by atoms with Crippen molar-refractivity contribution in [2.45, 2.75) is 13.8 Å². The van der Waals surface area contributed by atoms with Crippen molar-refractivity contribution >= 4 is 23.9 Å². The molecule has 0 saturated heterocycles. The van der Waals surface area contributed by atoms with Crippen LogP contribution in [0.1, 0.15) is 19.4 Å². The van der Waals surface area contributed by atoms with E-state index in [1.807, 2.05) is 0 Å². The molecule has 0 unspecified atom stereocenters. The van der Waals surface area contributed by atoms with Gasteiger partial charge >= 0.3 is 5.97 Å². The molecule has 0 aromatic heterocycles. The number of carbonyl (C=O) groups excluding carboxylic acids is 1. The van der Waals surface area contributed by atoms with E-state index in [4.69, 9.17) is 19.7 Å². The van der Waals surface area contributed by atoms with Crippen LogP contribution in [0.3, 0.4) is 0 Å². The van der Waals surface area contributed by atoms with Gasteiger partial charge in [0, 0.05) is 13.8 Å². The Kier molecular flexibility index (Phi) is 7.77. The summed E-state index contributed by atoms with van der Waals surface area (Å²) in [5.74, 6) is -2.39. The number of ether oxygens (including phenoxy) is 1. The molecule has 0 atom stereocenters. The fourth-order valence-electron chi connectivity index (χ4n) is 1.29. The number of aliphatic carboxylic acids is 2. The van der Waals surface area contributed by atoms with Crippen LogP contribution in [-0.2, 0) is 14.4 Å². The number of hydrogen-bond acceptors (Lipinski definition) is 5. The van der Waals surface area contributed by atoms with E-state index < -0.39 is 17.8 Å². The first-order chi connectivity index (χ1) is 10.2. The van der Waals surface area contributed by atoms with E-state index in [9.17, 15) is 14.7 Å². The molecule has 1 rings (SSSR count). The summed E-state index contributed by atoms with van der Waals surface area (Å²) in [6, 6.07) is 4.33. The van der Waals surface area contributed by atoms with E-state index >= 15 is 0 Å². The van der Waals surface area contributed by atoms with Crippen LogP contribution in [0.2, 0.25) is 0 Å². The molecule has 8 nitrogen and oxygen atoms in total. The number of hydrogen-bond donors (Lipinski definition) is 4. The Labute approximate surface area is 126 Å². The standard InChI is InChI=1S/C12H13NO5.C2H4O2/c1-7(14)13-9(12(16)17)5-8-3-4-10(15)11(6-8)18-2;1-2(3)4/h3-6,15H,1-2H3,(H,13,14)(H,16,17);1H3,(H,3,4)/b9-5-;. The zero-order chi connectivity index (χ0) is 17.3. The minimum atomic E-state index is -1.25. The van der Waals surface area contributed by atoms with Crippen LogP contribution >= 0.6 is 0 Å². The van der Waals surface area contributed by atoms with Gasteiger partial charge in [-0.15, -0.1) is 0 Å². The lowest BCUT2D eigenvalue weighted by molar-refractivity contribution is -0.135. The van der Waals surface area contributed by atoms with Crippen molar-refractivity contribution in [1.82, 2.24) is 5.32 Å². The smallest absolute Gasteiger partial charge is 0.352 e. The number of phenolic OH excluding ortho intramolecular Hbond substituents is 1. The van der Waals surface area contributed by atoms with Crippen LogP contribution in [-0.4, -0.2) is 40.3 Å². The van der Waals surface area contributed by atoms with Crippen molar-refractivity contribution in [2.24, 2.45) is 0 Å². The second kappa shape index (κ2) is 9.01. The Hall–Kier alpha value is -3.03. The van der Waals surface area contributed by atoms with Crippen LogP contribution in [0, 0.1) is 0 Å². The predicted molar refractivity (Wildman–Crippen MR) is 77.4 cm³/mol. The van der Waals surface area contributed by atoms with Crippen LogP contribution in [0.25, 0.3) is 6.08 Å². The second-order valence-corrected chi connectivity index (χ2v) is 3.99. The summed E-state index contributed by atoms with van der Waals surface area (Å²) in [4.78, 5) is 30.7. The predicted octanol–water partition coefficient (Wildman–Crippen LogP) is 1.05. The molecule has 1 aromatic rings. The van der Waals surface area contributed by atoms with Gasteiger partial charge < -0.3 is 25.4 Å². The van der Waals surface area contributed by atoms with Crippen molar-refractivity contribution in [2.75, 3.05) is 7.11 Å². The molecule has 0 heterocycles. The highest BCUT2D eigenvalue weighted by atomic mass is 16.5. The van der Waals surface area contributed by atoms with E-state index in [1.54, 1.807) is 0 Å². The fourth-order valence-corrected chi connectivity index (χ4v) is 1.29. The molecule has 0 aliphatic rings. The normalized spacial score (nSPS) is 10.0. The Morgan fingerprint density at radius 2 is 1.73 bits per heavy atom. The molecule has 0 saturated carbocycles. The molecular formula is C14H17NO7. The molecule has 1 aromatic carbocycles. The number of benzene rings is 1. The third-order valence-corrected chi connectivity index (χ3v) is 2.06. The lowest BCUT2D eigenvalue weighted by Gasteiger charge is -2.06. The molecule has 1 amide bonds. The largest absolute Gasteiger partial charge is 0.504 e. The van der Waals surface area contributed by atoms with Crippen LogP contribution in [0.15, 0.2) is 23.9 Å². The first-order valence-electron chi connectivity index (χ1n) is 5.96. The molecule has 0 aliphatic heterocycles. The molecule has 0 bridgehead atoms. The summed E-state index contributed by atoms with van der Waals surface area (Å²) in [6.07, 6.45) is 1.27. The molecule has 22 heavy (non-hydrogen) atoms. The molecule has 0 fully saturated rings. The van der Waals surface area contributed by atoms with Gasteiger partial charge in [0.05, 0.1) is 7.11 Å². The number of nitrogens with one attached hydrogen (secondary N) is 1. The maximum atomic E-state index is 10.9. The minimum Gasteiger partial charge on any atom is -0.504 e. The Morgan fingerprint density at radius 3 is 2.14 bits per heavy atom. The quantitative estimate of drug-likeness (QED) is 0.611. The second-order valence-electron chi connectivity index (χ2n) is 3.99. The van der Waals surface area contributed by atoms with Crippen molar-refractivity contribution in [3.05, 3.63) is 29.5 Å². The Balaban J connectivity index is 0.000000980. The van der Waals surface area contributed by atoms with Gasteiger partial charge in [0.25, 0.3) is 5.97 Å². The zero-order valence-corrected chi connectivity index (χ0v) is 12.3. The molecule has 0 spiro atoms. The molecule has 8 heteroatoms. The Morgan fingerprint density at radius 1 is 1.18 bits per heavy atom. The van der Waals surface area contributed by atoms with Gasteiger partial charge in [-0.25, -0.2) is 4.79 Å². The van der Waals surface area contributed by atoms with Crippen molar-refractivity contribution < 1.29 is 34.4 Å². The molecular weight excluding hydrogens is 294 g/mol. The topological polar surface area (TPSA) is 133 Å². The van der Waals surface area contributed by atoms with E-state index in [2.05, 4.69) is 5.32 Å². The van der Waals surface area contributed by atoms with Crippen molar-refractivity contribution in [3.8, 4) is 11.5 Å². The summed E-state index contributed by atoms with van der Waals surface area (Å²) < 4.78 is 4.89. The molecule has 0 aliphatic carbocycles. The fraction of sp³-hybridized carbons (Fsp3) is 0.214. The van der Waals surface area contributed by atoms with Gasteiger partial charge in [-0.05, 0) is 23.8 Å². The van der Waals surface area contributed by atoms with Gasteiger partial charge in [-0.1, -0.05) is 6.07 Å². The molecule has 120 valence electrons. The zero-order valence-electron chi connectivity index (χ0n) is 12.3. The Bertz CT molecular complexity index is 589. The third kappa shape index (κ3) is 7.53. The number of methoxy groups -OCH3 is 1. The van der Waals surface area contributed by atoms with Crippen LogP contribution in [0.5, 0.6) is 11.5 Å². The highest BCUT2D eigenvalue weighted by Crippen LogP contribution is 2.27. The van der Waals surface area contributed by atoms with Gasteiger partial charge in [-0.3, -0.25) is 9.59 Å². The summed E-state index contributed by atoms with van der Waals surface area (Å²) in [5, 5.41) is 27.9. The summed E-state index contributed by atoms with van der Waals surface area (Å²) in [7, 11) is 1.38. The van der Waals surface area contributed by atoms with Gasteiger partial charge in [-0.2, -0.15) is 0 Å². The number of amides is 1. The molecule has 0 radical (unpaired) electrons. The monoisotopic (exact) mass is 311 g/mol. The maximum Gasteiger partial charge on any atom is 0.352 e. The number of rotatable bonds is 4. The van der Waals surface area contributed by atoms with Crippen molar-refractivity contribution in [1.29, 1.82) is 0 Å². The van der Waals surface area contributed by atoms with Crippen LogP contribution in [0.4, 0.5) is 0 Å². The number of carbonyl (C=O) groups is 3. The van der Waals surface area contributed by atoms with Gasteiger partial charge in [0.1, 0.15) is 5.70 Å². The number of aromatic hydroxyl groups is 1. The number of phenols is 1. The lowest BCUT2D eigenvalue weighted by Crippen LogP contribution is -2.24. The highest BCUT2D eigenvalue weighted by molar-refractivity contribution is 5.96. The third-order valence-electron chi connectivity index (χ3n) is 2.06. The molecule has 4 N–H and O–H groups in total. The van der Waals surface area contributed by atoms with Gasteiger partial charge in [0.2, 0.25) is 5.91 Å². The summed E-state index contributed by atoms with van der Waals surface area (Å²) >= 11 is 0. The average molecular weight is 311 g/mol. The van der Waals surface area contributed by atoms with Gasteiger partial charge in [0.15, 0.2) is 11.5 Å². The summed E-state index contributed by atoms with van der Waals surface area (Å²) in [6.45, 7) is 2.30. The SMILES string of the molecule is CC(=O)O.COc1cc(/C=C(\NC(C)=O)C(=O)O)ccc1O. The van der Waals surface area contributed by atoms with E-state index in [0.29, 0.717) is 5.56 Å². The van der Waals surface area contributed by atoms with Crippen molar-refractivity contribution in [3.63, 3.8) is 0 Å². The number of carboxylic acids is 2.